The summed E-state index contributed by atoms with van der Waals surface area (Å²) in [7, 11) is 0. The summed E-state index contributed by atoms with van der Waals surface area (Å²) in [5, 5.41) is 9.82. The molecule has 40 heavy (non-hydrogen) atoms. The molecule has 5 aromatic carbocycles. The Hall–Kier alpha value is -5.62. The minimum atomic E-state index is 0.679. The van der Waals surface area contributed by atoms with Gasteiger partial charge in [-0.15, -0.1) is 10.2 Å². The fourth-order valence-corrected chi connectivity index (χ4v) is 4.69. The highest BCUT2D eigenvalue weighted by molar-refractivity contribution is 5.66. The van der Waals surface area contributed by atoms with E-state index < -0.39 is 0 Å². The van der Waals surface area contributed by atoms with E-state index >= 15 is 0 Å². The molecule has 0 atom stereocenters. The molecule has 2 aromatic heterocycles. The minimum Gasteiger partial charge on any atom is -0.213 e. The average Bonchev–Trinajstić information content (AvgIpc) is 3.69. The van der Waals surface area contributed by atoms with Gasteiger partial charge in [-0.25, -0.2) is 19.3 Å². The van der Waals surface area contributed by atoms with Crippen LogP contribution in [0, 0.1) is 0 Å². The molecule has 0 aliphatic rings. The molecule has 7 aromatic rings. The van der Waals surface area contributed by atoms with Gasteiger partial charge in [0.05, 0.1) is 11.4 Å². The van der Waals surface area contributed by atoms with Crippen molar-refractivity contribution in [3.8, 4) is 56.9 Å². The van der Waals surface area contributed by atoms with Crippen molar-refractivity contribution >= 4 is 0 Å². The molecule has 0 saturated carbocycles. The van der Waals surface area contributed by atoms with Crippen LogP contribution in [0.4, 0.5) is 0 Å². The smallest absolute Gasteiger partial charge is 0.182 e. The van der Waals surface area contributed by atoms with E-state index in [2.05, 4.69) is 24.3 Å². The summed E-state index contributed by atoms with van der Waals surface area (Å²) >= 11 is 0. The number of rotatable bonds is 6. The first-order valence-electron chi connectivity index (χ1n) is 13.1. The number of aromatic nitrogens is 6. The molecule has 0 aliphatic heterocycles. The monoisotopic (exact) mass is 516 g/mol. The van der Waals surface area contributed by atoms with Gasteiger partial charge in [0, 0.05) is 22.3 Å². The maximum Gasteiger partial charge on any atom is 0.182 e. The Morgan fingerprint density at radius 1 is 0.325 bits per heavy atom. The topological polar surface area (TPSA) is 61.4 Å². The quantitative estimate of drug-likeness (QED) is 0.229. The first-order valence-corrected chi connectivity index (χ1v) is 13.1. The summed E-state index contributed by atoms with van der Waals surface area (Å²) in [5.74, 6) is 2.92. The van der Waals surface area contributed by atoms with Crippen LogP contribution in [0.3, 0.4) is 0 Å². The van der Waals surface area contributed by atoms with Crippen molar-refractivity contribution < 1.29 is 0 Å². The zero-order chi connectivity index (χ0) is 26.7. The first kappa shape index (κ1) is 23.5. The number of hydrogen-bond acceptors (Lipinski definition) is 4. The van der Waals surface area contributed by atoms with E-state index in [1.165, 1.54) is 0 Å². The van der Waals surface area contributed by atoms with Crippen LogP contribution in [-0.4, -0.2) is 29.5 Å². The van der Waals surface area contributed by atoms with E-state index in [9.17, 15) is 0 Å². The normalized spacial score (nSPS) is 11.0. The van der Waals surface area contributed by atoms with Gasteiger partial charge < -0.3 is 0 Å². The van der Waals surface area contributed by atoms with Gasteiger partial charge in [-0.05, 0) is 24.3 Å². The van der Waals surface area contributed by atoms with Crippen molar-refractivity contribution in [1.29, 1.82) is 0 Å². The zero-order valence-corrected chi connectivity index (χ0v) is 21.5. The van der Waals surface area contributed by atoms with Crippen LogP contribution in [0.2, 0.25) is 0 Å². The summed E-state index contributed by atoms with van der Waals surface area (Å²) in [4.78, 5) is 9.85. The van der Waals surface area contributed by atoms with Crippen LogP contribution in [0.15, 0.2) is 146 Å². The van der Waals surface area contributed by atoms with Crippen molar-refractivity contribution in [1.82, 2.24) is 29.5 Å². The van der Waals surface area contributed by atoms with Crippen molar-refractivity contribution in [3.05, 3.63) is 146 Å². The predicted molar refractivity (Wildman–Crippen MR) is 158 cm³/mol. The van der Waals surface area contributed by atoms with Gasteiger partial charge in [-0.1, -0.05) is 121 Å². The van der Waals surface area contributed by atoms with E-state index in [-0.39, 0.29) is 0 Å². The maximum absolute atomic E-state index is 4.92. The Bertz CT molecular complexity index is 1720. The SMILES string of the molecule is c1ccc(-c2nc(-c3ccccc3)n(-c3ccc(-n4nc(-c5ccccc5)nc4-c4ccccc4)cc3)n2)cc1. The van der Waals surface area contributed by atoms with Gasteiger partial charge in [0.15, 0.2) is 23.3 Å². The second kappa shape index (κ2) is 10.3. The molecule has 0 radical (unpaired) electrons. The predicted octanol–water partition coefficient (Wildman–Crippen LogP) is 7.52. The minimum absolute atomic E-state index is 0.679. The molecule has 0 unspecified atom stereocenters. The van der Waals surface area contributed by atoms with Crippen LogP contribution in [-0.2, 0) is 0 Å². The highest BCUT2D eigenvalue weighted by Crippen LogP contribution is 2.28. The number of benzene rings is 5. The van der Waals surface area contributed by atoms with Gasteiger partial charge >= 0.3 is 0 Å². The molecule has 0 bridgehead atoms. The number of hydrogen-bond donors (Lipinski definition) is 0. The van der Waals surface area contributed by atoms with Crippen LogP contribution < -0.4 is 0 Å². The van der Waals surface area contributed by atoms with Crippen molar-refractivity contribution in [2.24, 2.45) is 0 Å². The molecule has 0 N–H and O–H groups in total. The second-order valence-corrected chi connectivity index (χ2v) is 9.32. The van der Waals surface area contributed by atoms with Gasteiger partial charge in [0.2, 0.25) is 0 Å². The van der Waals surface area contributed by atoms with E-state index in [1.54, 1.807) is 0 Å². The Kier molecular flexibility index (Phi) is 6.03. The van der Waals surface area contributed by atoms with E-state index in [1.807, 2.05) is 131 Å². The van der Waals surface area contributed by atoms with Crippen molar-refractivity contribution in [2.45, 2.75) is 0 Å². The molecular weight excluding hydrogens is 492 g/mol. The highest BCUT2D eigenvalue weighted by atomic mass is 15.4. The van der Waals surface area contributed by atoms with Crippen molar-refractivity contribution in [3.63, 3.8) is 0 Å². The molecular formula is C34H24N6. The van der Waals surface area contributed by atoms with Gasteiger partial charge in [-0.2, -0.15) is 0 Å². The lowest BCUT2D eigenvalue weighted by Gasteiger charge is -2.09. The molecule has 6 nitrogen and oxygen atoms in total. The summed E-state index contributed by atoms with van der Waals surface area (Å²) in [6.07, 6.45) is 0. The Morgan fingerprint density at radius 3 is 0.950 bits per heavy atom. The summed E-state index contributed by atoms with van der Waals surface area (Å²) in [6, 6.07) is 48.5. The number of nitrogens with zero attached hydrogens (tertiary/aromatic N) is 6. The maximum atomic E-state index is 4.92. The summed E-state index contributed by atoms with van der Waals surface area (Å²) < 4.78 is 3.80. The van der Waals surface area contributed by atoms with Crippen LogP contribution in [0.1, 0.15) is 0 Å². The molecule has 0 amide bonds. The van der Waals surface area contributed by atoms with E-state index in [4.69, 9.17) is 20.2 Å². The fourth-order valence-electron chi connectivity index (χ4n) is 4.69. The van der Waals surface area contributed by atoms with Gasteiger partial charge in [-0.3, -0.25) is 0 Å². The average molecular weight is 517 g/mol. The van der Waals surface area contributed by atoms with Crippen molar-refractivity contribution in [2.75, 3.05) is 0 Å². The molecule has 0 saturated heterocycles. The third-order valence-corrected chi connectivity index (χ3v) is 6.68. The lowest BCUT2D eigenvalue weighted by Crippen LogP contribution is -2.03. The lowest BCUT2D eigenvalue weighted by molar-refractivity contribution is 0.874. The van der Waals surface area contributed by atoms with Gasteiger partial charge in [0.1, 0.15) is 0 Å². The molecule has 0 fully saturated rings. The molecule has 190 valence electrons. The largest absolute Gasteiger partial charge is 0.213 e. The summed E-state index contributed by atoms with van der Waals surface area (Å²) in [6.45, 7) is 0. The fraction of sp³-hybridized carbons (Fsp3) is 0. The molecule has 6 heteroatoms. The molecule has 0 aliphatic carbocycles. The molecule has 7 rings (SSSR count). The third kappa shape index (κ3) is 4.48. The Balaban J connectivity index is 1.32. The van der Waals surface area contributed by atoms with Crippen LogP contribution >= 0.6 is 0 Å². The van der Waals surface area contributed by atoms with Crippen LogP contribution in [0.5, 0.6) is 0 Å². The Labute approximate surface area is 231 Å². The zero-order valence-electron chi connectivity index (χ0n) is 21.5. The van der Waals surface area contributed by atoms with E-state index in [0.29, 0.717) is 11.6 Å². The van der Waals surface area contributed by atoms with Gasteiger partial charge in [0.25, 0.3) is 0 Å². The molecule has 0 spiro atoms. The highest BCUT2D eigenvalue weighted by Gasteiger charge is 2.17. The molecule has 2 heterocycles. The van der Waals surface area contributed by atoms with Crippen LogP contribution in [0.25, 0.3) is 56.9 Å². The van der Waals surface area contributed by atoms with E-state index in [0.717, 1.165) is 45.3 Å². The third-order valence-electron chi connectivity index (χ3n) is 6.68. The summed E-state index contributed by atoms with van der Waals surface area (Å²) in [5.41, 5.74) is 5.74. The Morgan fingerprint density at radius 2 is 0.625 bits per heavy atom. The lowest BCUT2D eigenvalue weighted by atomic mass is 10.2. The second-order valence-electron chi connectivity index (χ2n) is 9.32. The first-order chi connectivity index (χ1) is 19.8. The standard InChI is InChI=1S/C34H24N6/c1-5-13-25(14-6-1)31-35-33(27-17-9-3-10-18-27)39(37-31)29-21-23-30(24-22-29)40-34(28-19-11-4-12-20-28)36-32(38-40)26-15-7-2-8-16-26/h1-24H.